The van der Waals surface area contributed by atoms with Crippen molar-refractivity contribution in [2.24, 2.45) is 5.73 Å². The fourth-order valence-electron chi connectivity index (χ4n) is 2.58. The van der Waals surface area contributed by atoms with E-state index in [0.717, 1.165) is 24.3 Å². The van der Waals surface area contributed by atoms with Crippen molar-refractivity contribution in [2.75, 3.05) is 20.4 Å². The standard InChI is InChI=1S/C13H17NO3/c1-15-6-9-2-3-10-12(17-8-16-10)11(9)13(7-14)4-5-13/h2-3H,4-8,14H2,1H3. The maximum atomic E-state index is 5.92. The smallest absolute Gasteiger partial charge is 0.231 e. The van der Waals surface area contributed by atoms with Crippen LogP contribution in [0.15, 0.2) is 12.1 Å². The monoisotopic (exact) mass is 235 g/mol. The van der Waals surface area contributed by atoms with E-state index < -0.39 is 0 Å². The predicted octanol–water partition coefficient (Wildman–Crippen LogP) is 1.55. The Kier molecular flexibility index (Phi) is 2.49. The molecular formula is C13H17NO3. The Morgan fingerprint density at radius 1 is 1.35 bits per heavy atom. The lowest BCUT2D eigenvalue weighted by Gasteiger charge is -2.19. The van der Waals surface area contributed by atoms with Crippen molar-refractivity contribution >= 4 is 0 Å². The van der Waals surface area contributed by atoms with E-state index in [9.17, 15) is 0 Å². The van der Waals surface area contributed by atoms with Gasteiger partial charge in [-0.15, -0.1) is 0 Å². The average molecular weight is 235 g/mol. The van der Waals surface area contributed by atoms with Crippen LogP contribution >= 0.6 is 0 Å². The van der Waals surface area contributed by atoms with Gasteiger partial charge in [0, 0.05) is 24.6 Å². The second-order valence-corrected chi connectivity index (χ2v) is 4.75. The molecule has 4 nitrogen and oxygen atoms in total. The molecule has 2 aliphatic rings. The van der Waals surface area contributed by atoms with Gasteiger partial charge in [0.1, 0.15) is 0 Å². The Bertz CT molecular complexity index is 441. The van der Waals surface area contributed by atoms with Gasteiger partial charge >= 0.3 is 0 Å². The van der Waals surface area contributed by atoms with E-state index in [1.54, 1.807) is 7.11 Å². The molecular weight excluding hydrogens is 218 g/mol. The summed E-state index contributed by atoms with van der Waals surface area (Å²) in [5, 5.41) is 0. The number of hydrogen-bond donors (Lipinski definition) is 1. The summed E-state index contributed by atoms with van der Waals surface area (Å²) in [6.07, 6.45) is 2.25. The molecule has 1 aromatic carbocycles. The number of hydrogen-bond acceptors (Lipinski definition) is 4. The maximum Gasteiger partial charge on any atom is 0.231 e. The summed E-state index contributed by atoms with van der Waals surface area (Å²) in [4.78, 5) is 0. The van der Waals surface area contributed by atoms with Gasteiger partial charge in [-0.25, -0.2) is 0 Å². The summed E-state index contributed by atoms with van der Waals surface area (Å²) in [5.41, 5.74) is 8.38. The third-order valence-electron chi connectivity index (χ3n) is 3.70. The predicted molar refractivity (Wildman–Crippen MR) is 63.2 cm³/mol. The molecule has 2 N–H and O–H groups in total. The van der Waals surface area contributed by atoms with Crippen LogP contribution in [0.5, 0.6) is 11.5 Å². The Hall–Kier alpha value is -1.26. The van der Waals surface area contributed by atoms with Crippen molar-refractivity contribution in [3.63, 3.8) is 0 Å². The van der Waals surface area contributed by atoms with Crippen LogP contribution in [0.2, 0.25) is 0 Å². The topological polar surface area (TPSA) is 53.7 Å². The molecule has 4 heteroatoms. The molecule has 1 fully saturated rings. The highest BCUT2D eigenvalue weighted by molar-refractivity contribution is 5.57. The fourth-order valence-corrected chi connectivity index (χ4v) is 2.58. The van der Waals surface area contributed by atoms with E-state index in [-0.39, 0.29) is 5.41 Å². The highest BCUT2D eigenvalue weighted by atomic mass is 16.7. The molecule has 0 amide bonds. The third-order valence-corrected chi connectivity index (χ3v) is 3.70. The Balaban J connectivity index is 2.12. The van der Waals surface area contributed by atoms with E-state index >= 15 is 0 Å². The summed E-state index contributed by atoms with van der Waals surface area (Å²) < 4.78 is 16.3. The number of ether oxygens (including phenoxy) is 3. The zero-order valence-electron chi connectivity index (χ0n) is 9.99. The van der Waals surface area contributed by atoms with Crippen molar-refractivity contribution in [2.45, 2.75) is 24.9 Å². The Labute approximate surface area is 101 Å². The SMILES string of the molecule is COCc1ccc2c(c1C1(CN)CC1)OCO2. The van der Waals surface area contributed by atoms with Crippen LogP contribution in [0.3, 0.4) is 0 Å². The van der Waals surface area contributed by atoms with Crippen molar-refractivity contribution in [3.8, 4) is 11.5 Å². The molecule has 92 valence electrons. The molecule has 1 aromatic rings. The second-order valence-electron chi connectivity index (χ2n) is 4.75. The molecule has 0 radical (unpaired) electrons. The summed E-state index contributed by atoms with van der Waals surface area (Å²) in [5.74, 6) is 1.71. The average Bonchev–Trinajstić information content (AvgIpc) is 2.99. The van der Waals surface area contributed by atoms with Gasteiger partial charge in [-0.3, -0.25) is 0 Å². The Morgan fingerprint density at radius 3 is 2.82 bits per heavy atom. The van der Waals surface area contributed by atoms with Crippen molar-refractivity contribution < 1.29 is 14.2 Å². The van der Waals surface area contributed by atoms with Gasteiger partial charge < -0.3 is 19.9 Å². The van der Waals surface area contributed by atoms with Crippen LogP contribution in [-0.2, 0) is 16.8 Å². The van der Waals surface area contributed by atoms with Crippen molar-refractivity contribution in [1.29, 1.82) is 0 Å². The van der Waals surface area contributed by atoms with Gasteiger partial charge in [-0.05, 0) is 24.5 Å². The molecule has 17 heavy (non-hydrogen) atoms. The molecule has 3 rings (SSSR count). The molecule has 0 unspecified atom stereocenters. The zero-order chi connectivity index (χ0) is 11.9. The lowest BCUT2D eigenvalue weighted by Crippen LogP contribution is -2.22. The molecule has 0 spiro atoms. The first-order valence-corrected chi connectivity index (χ1v) is 5.92. The van der Waals surface area contributed by atoms with Gasteiger partial charge in [0.05, 0.1) is 6.61 Å². The molecule has 1 saturated carbocycles. The van der Waals surface area contributed by atoms with Crippen molar-refractivity contribution in [3.05, 3.63) is 23.3 Å². The lowest BCUT2D eigenvalue weighted by atomic mass is 9.90. The first-order valence-electron chi connectivity index (χ1n) is 5.92. The second kappa shape index (κ2) is 3.89. The quantitative estimate of drug-likeness (QED) is 0.860. The third kappa shape index (κ3) is 1.59. The zero-order valence-corrected chi connectivity index (χ0v) is 9.99. The molecule has 0 aromatic heterocycles. The van der Waals surface area contributed by atoms with E-state index in [2.05, 4.69) is 6.07 Å². The normalized spacial score (nSPS) is 19.4. The van der Waals surface area contributed by atoms with E-state index in [0.29, 0.717) is 19.9 Å². The van der Waals surface area contributed by atoms with E-state index in [1.807, 2.05) is 6.07 Å². The first kappa shape index (κ1) is 10.9. The fraction of sp³-hybridized carbons (Fsp3) is 0.538. The number of methoxy groups -OCH3 is 1. The largest absolute Gasteiger partial charge is 0.454 e. The van der Waals surface area contributed by atoms with Crippen molar-refractivity contribution in [1.82, 2.24) is 0 Å². The maximum absolute atomic E-state index is 5.92. The minimum absolute atomic E-state index is 0.0902. The lowest BCUT2D eigenvalue weighted by molar-refractivity contribution is 0.171. The summed E-state index contributed by atoms with van der Waals surface area (Å²) in [6, 6.07) is 4.01. The van der Waals surface area contributed by atoms with E-state index in [1.165, 1.54) is 11.1 Å². The van der Waals surface area contributed by atoms with Crippen LogP contribution in [-0.4, -0.2) is 20.4 Å². The van der Waals surface area contributed by atoms with Crippen LogP contribution in [0.1, 0.15) is 24.0 Å². The number of nitrogens with two attached hydrogens (primary N) is 1. The summed E-state index contributed by atoms with van der Waals surface area (Å²) in [7, 11) is 1.70. The summed E-state index contributed by atoms with van der Waals surface area (Å²) in [6.45, 7) is 1.55. The highest BCUT2D eigenvalue weighted by Gasteiger charge is 2.47. The van der Waals surface area contributed by atoms with Crippen LogP contribution in [0.4, 0.5) is 0 Å². The van der Waals surface area contributed by atoms with Crippen LogP contribution in [0.25, 0.3) is 0 Å². The molecule has 0 atom stereocenters. The molecule has 1 aliphatic heterocycles. The summed E-state index contributed by atoms with van der Waals surface area (Å²) >= 11 is 0. The first-order chi connectivity index (χ1) is 8.30. The van der Waals surface area contributed by atoms with Gasteiger partial charge in [-0.1, -0.05) is 6.07 Å². The van der Waals surface area contributed by atoms with Gasteiger partial charge in [0.2, 0.25) is 6.79 Å². The van der Waals surface area contributed by atoms with Gasteiger partial charge in [-0.2, -0.15) is 0 Å². The van der Waals surface area contributed by atoms with Crippen LogP contribution in [0, 0.1) is 0 Å². The number of rotatable bonds is 4. The van der Waals surface area contributed by atoms with Gasteiger partial charge in [0.25, 0.3) is 0 Å². The number of fused-ring (bicyclic) bond motifs is 1. The minimum atomic E-state index is 0.0902. The molecule has 0 bridgehead atoms. The Morgan fingerprint density at radius 2 is 2.18 bits per heavy atom. The highest BCUT2D eigenvalue weighted by Crippen LogP contribution is 2.55. The molecule has 1 aliphatic carbocycles. The minimum Gasteiger partial charge on any atom is -0.454 e. The van der Waals surface area contributed by atoms with Crippen LogP contribution < -0.4 is 15.2 Å². The molecule has 1 heterocycles. The van der Waals surface area contributed by atoms with Gasteiger partial charge in [0.15, 0.2) is 11.5 Å². The molecule has 0 saturated heterocycles. The van der Waals surface area contributed by atoms with E-state index in [4.69, 9.17) is 19.9 Å². The number of benzene rings is 1.